The maximum absolute atomic E-state index is 12.4. The van der Waals surface area contributed by atoms with Crippen LogP contribution in [0.4, 0.5) is 11.4 Å². The molecule has 0 saturated heterocycles. The highest BCUT2D eigenvalue weighted by Gasteiger charge is 2.23. The molecule has 2 aromatic rings. The van der Waals surface area contributed by atoms with Gasteiger partial charge in [0.15, 0.2) is 0 Å². The minimum atomic E-state index is -0.593. The van der Waals surface area contributed by atoms with E-state index in [-0.39, 0.29) is 17.8 Å². The zero-order valence-electron chi connectivity index (χ0n) is 11.1. The van der Waals surface area contributed by atoms with E-state index in [4.69, 9.17) is 5.84 Å². The van der Waals surface area contributed by atoms with Gasteiger partial charge in [0.1, 0.15) is 5.56 Å². The number of thiazole rings is 1. The Kier molecular flexibility index (Phi) is 4.45. The van der Waals surface area contributed by atoms with Crippen LogP contribution in [0.15, 0.2) is 29.1 Å². The van der Waals surface area contributed by atoms with Crippen LogP contribution in [0.2, 0.25) is 0 Å². The fraction of sp³-hybridized carbons (Fsp3) is 0.167. The average Bonchev–Trinajstić information content (AvgIpc) is 2.98. The van der Waals surface area contributed by atoms with Crippen molar-refractivity contribution in [3.63, 3.8) is 0 Å². The van der Waals surface area contributed by atoms with Gasteiger partial charge >= 0.3 is 0 Å². The first-order valence-electron chi connectivity index (χ1n) is 5.90. The molecule has 0 spiro atoms. The van der Waals surface area contributed by atoms with Gasteiger partial charge in [-0.25, -0.2) is 4.98 Å². The second-order valence-corrected chi connectivity index (χ2v) is 4.99. The van der Waals surface area contributed by atoms with Gasteiger partial charge in [-0.2, -0.15) is 0 Å². The monoisotopic (exact) mass is 307 g/mol. The first-order chi connectivity index (χ1) is 10.0. The maximum Gasteiger partial charge on any atom is 0.282 e. The van der Waals surface area contributed by atoms with E-state index in [2.05, 4.69) is 10.4 Å². The summed E-state index contributed by atoms with van der Waals surface area (Å²) in [7, 11) is 1.56. The quantitative estimate of drug-likeness (QED) is 0.492. The Labute approximate surface area is 124 Å². The molecule has 0 bridgehead atoms. The van der Waals surface area contributed by atoms with Crippen molar-refractivity contribution in [1.29, 1.82) is 0 Å². The van der Waals surface area contributed by atoms with Crippen molar-refractivity contribution in [3.8, 4) is 0 Å². The van der Waals surface area contributed by atoms with E-state index in [1.165, 1.54) is 34.4 Å². The Balaban J connectivity index is 2.30. The van der Waals surface area contributed by atoms with Gasteiger partial charge in [-0.3, -0.25) is 20.8 Å². The molecule has 21 heavy (non-hydrogen) atoms. The Morgan fingerprint density at radius 3 is 2.90 bits per heavy atom. The number of nitrogens with zero attached hydrogens (tertiary/aromatic N) is 3. The van der Waals surface area contributed by atoms with E-state index in [1.807, 2.05) is 5.38 Å². The SMILES string of the molecule is CN(Cc1cscn1)C(=O)c1cc(NN)ccc1[N+](=O)[O-]. The lowest BCUT2D eigenvalue weighted by Gasteiger charge is -2.16. The number of nitro benzene ring substituents is 1. The number of nitro groups is 1. The predicted molar refractivity (Wildman–Crippen MR) is 78.8 cm³/mol. The van der Waals surface area contributed by atoms with Crippen molar-refractivity contribution < 1.29 is 9.72 Å². The lowest BCUT2D eigenvalue weighted by atomic mass is 10.1. The third-order valence-electron chi connectivity index (χ3n) is 2.82. The van der Waals surface area contributed by atoms with Gasteiger partial charge in [0.05, 0.1) is 22.7 Å². The number of aromatic nitrogens is 1. The third-order valence-corrected chi connectivity index (χ3v) is 3.45. The van der Waals surface area contributed by atoms with Crippen molar-refractivity contribution in [1.82, 2.24) is 9.88 Å². The zero-order chi connectivity index (χ0) is 15.4. The minimum Gasteiger partial charge on any atom is -0.336 e. The van der Waals surface area contributed by atoms with Crippen LogP contribution in [0.5, 0.6) is 0 Å². The molecule has 0 aliphatic carbocycles. The van der Waals surface area contributed by atoms with Gasteiger partial charge in [0.2, 0.25) is 0 Å². The van der Waals surface area contributed by atoms with Crippen molar-refractivity contribution in [2.24, 2.45) is 5.84 Å². The Morgan fingerprint density at radius 1 is 1.57 bits per heavy atom. The Morgan fingerprint density at radius 2 is 2.33 bits per heavy atom. The molecule has 0 fully saturated rings. The lowest BCUT2D eigenvalue weighted by molar-refractivity contribution is -0.385. The molecule has 1 aromatic carbocycles. The molecule has 1 aromatic heterocycles. The molecule has 1 amide bonds. The van der Waals surface area contributed by atoms with E-state index < -0.39 is 10.8 Å². The van der Waals surface area contributed by atoms with Crippen LogP contribution in [-0.4, -0.2) is 27.8 Å². The Bertz CT molecular complexity index is 659. The van der Waals surface area contributed by atoms with Gasteiger partial charge in [0, 0.05) is 24.2 Å². The van der Waals surface area contributed by atoms with Crippen LogP contribution < -0.4 is 11.3 Å². The van der Waals surface area contributed by atoms with Crippen molar-refractivity contribution in [2.75, 3.05) is 12.5 Å². The van der Waals surface area contributed by atoms with E-state index in [0.29, 0.717) is 5.69 Å². The number of carbonyl (C=O) groups is 1. The average molecular weight is 307 g/mol. The standard InChI is InChI=1S/C12H13N5O3S/c1-16(5-9-6-21-7-14-9)12(18)10-4-8(15-13)2-3-11(10)17(19)20/h2-4,6-7,15H,5,13H2,1H3. The van der Waals surface area contributed by atoms with Crippen molar-refractivity contribution >= 4 is 28.6 Å². The molecule has 110 valence electrons. The number of amides is 1. The summed E-state index contributed by atoms with van der Waals surface area (Å²) in [5, 5.41) is 12.9. The molecule has 0 radical (unpaired) electrons. The van der Waals surface area contributed by atoms with Gasteiger partial charge in [-0.1, -0.05) is 0 Å². The normalized spacial score (nSPS) is 10.2. The lowest BCUT2D eigenvalue weighted by Crippen LogP contribution is -2.27. The summed E-state index contributed by atoms with van der Waals surface area (Å²) in [4.78, 5) is 28.3. The number of hydrogen-bond donors (Lipinski definition) is 2. The molecule has 0 aliphatic rings. The molecule has 0 unspecified atom stereocenters. The van der Waals surface area contributed by atoms with Crippen molar-refractivity contribution in [3.05, 3.63) is 50.5 Å². The summed E-state index contributed by atoms with van der Waals surface area (Å²) in [5.41, 5.74) is 4.90. The summed E-state index contributed by atoms with van der Waals surface area (Å²) in [6.45, 7) is 0.278. The molecule has 0 atom stereocenters. The number of rotatable bonds is 5. The van der Waals surface area contributed by atoms with E-state index in [0.717, 1.165) is 5.69 Å². The molecule has 9 heteroatoms. The van der Waals surface area contributed by atoms with Crippen LogP contribution in [0, 0.1) is 10.1 Å². The first-order valence-corrected chi connectivity index (χ1v) is 6.84. The summed E-state index contributed by atoms with van der Waals surface area (Å²) >= 11 is 1.42. The predicted octanol–water partition coefficient (Wildman–Crippen LogP) is 1.61. The molecule has 3 N–H and O–H groups in total. The number of benzene rings is 1. The highest BCUT2D eigenvalue weighted by atomic mass is 32.1. The van der Waals surface area contributed by atoms with Crippen LogP contribution in [0.25, 0.3) is 0 Å². The summed E-state index contributed by atoms with van der Waals surface area (Å²) in [6.07, 6.45) is 0. The molecule has 1 heterocycles. The molecule has 2 rings (SSSR count). The highest BCUT2D eigenvalue weighted by Crippen LogP contribution is 2.24. The topological polar surface area (TPSA) is 114 Å². The maximum atomic E-state index is 12.4. The highest BCUT2D eigenvalue weighted by molar-refractivity contribution is 7.07. The van der Waals surface area contributed by atoms with E-state index >= 15 is 0 Å². The fourth-order valence-corrected chi connectivity index (χ4v) is 2.34. The van der Waals surface area contributed by atoms with Crippen LogP contribution in [0.1, 0.15) is 16.1 Å². The number of carbonyl (C=O) groups excluding carboxylic acids is 1. The molecule has 0 aliphatic heterocycles. The van der Waals surface area contributed by atoms with Crippen molar-refractivity contribution in [2.45, 2.75) is 6.54 Å². The molecule has 0 saturated carbocycles. The summed E-state index contributed by atoms with van der Waals surface area (Å²) < 4.78 is 0. The van der Waals surface area contributed by atoms with Gasteiger partial charge in [-0.15, -0.1) is 11.3 Å². The number of hydrogen-bond acceptors (Lipinski definition) is 7. The number of hydrazine groups is 1. The van der Waals surface area contributed by atoms with Crippen LogP contribution in [0.3, 0.4) is 0 Å². The van der Waals surface area contributed by atoms with Gasteiger partial charge < -0.3 is 10.3 Å². The largest absolute Gasteiger partial charge is 0.336 e. The fourth-order valence-electron chi connectivity index (χ4n) is 1.79. The first kappa shape index (κ1) is 14.9. The van der Waals surface area contributed by atoms with Gasteiger partial charge in [-0.05, 0) is 12.1 Å². The molecule has 8 nitrogen and oxygen atoms in total. The second kappa shape index (κ2) is 6.29. The summed E-state index contributed by atoms with van der Waals surface area (Å²) in [5.74, 6) is 4.81. The smallest absolute Gasteiger partial charge is 0.282 e. The van der Waals surface area contributed by atoms with Gasteiger partial charge in [0.25, 0.3) is 11.6 Å². The third kappa shape index (κ3) is 3.33. The number of anilines is 1. The number of nitrogens with two attached hydrogens (primary N) is 1. The van der Waals surface area contributed by atoms with E-state index in [1.54, 1.807) is 12.6 Å². The number of nitrogens with one attached hydrogen (secondary N) is 1. The molecular formula is C12H13N5O3S. The van der Waals surface area contributed by atoms with Crippen LogP contribution in [-0.2, 0) is 6.54 Å². The zero-order valence-corrected chi connectivity index (χ0v) is 12.0. The Hall–Kier alpha value is -2.52. The van der Waals surface area contributed by atoms with E-state index in [9.17, 15) is 14.9 Å². The summed E-state index contributed by atoms with van der Waals surface area (Å²) in [6, 6.07) is 4.05. The minimum absolute atomic E-state index is 0.0202. The number of nitrogen functional groups attached to an aromatic ring is 1. The molecular weight excluding hydrogens is 294 g/mol. The second-order valence-electron chi connectivity index (χ2n) is 4.27. The van der Waals surface area contributed by atoms with Crippen LogP contribution >= 0.6 is 11.3 Å².